The van der Waals surface area contributed by atoms with Gasteiger partial charge >= 0.3 is 6.16 Å². The molecule has 0 radical (unpaired) electrons. The SMILES string of the molecule is CCCCc1nc2ccc(N3CCCCC3)cc2n1Cc1ccc(-c2ccccc2OC(=O)O)cc1. The number of aromatic nitrogens is 2. The fourth-order valence-corrected chi connectivity index (χ4v) is 5.07. The van der Waals surface area contributed by atoms with Crippen LogP contribution >= 0.6 is 0 Å². The molecule has 1 saturated heterocycles. The molecule has 0 bridgehead atoms. The second-order valence-electron chi connectivity index (χ2n) is 9.50. The van der Waals surface area contributed by atoms with Crippen LogP contribution in [0.3, 0.4) is 0 Å². The molecule has 6 heteroatoms. The second-order valence-corrected chi connectivity index (χ2v) is 9.50. The molecule has 1 fully saturated rings. The van der Waals surface area contributed by atoms with Crippen LogP contribution in [0.25, 0.3) is 22.2 Å². The van der Waals surface area contributed by atoms with Gasteiger partial charge in [-0.3, -0.25) is 0 Å². The third-order valence-corrected chi connectivity index (χ3v) is 6.98. The predicted molar refractivity (Wildman–Crippen MR) is 144 cm³/mol. The van der Waals surface area contributed by atoms with Gasteiger partial charge in [0.05, 0.1) is 11.0 Å². The molecule has 1 aliphatic rings. The summed E-state index contributed by atoms with van der Waals surface area (Å²) in [5.74, 6) is 1.47. The monoisotopic (exact) mass is 483 g/mol. The van der Waals surface area contributed by atoms with Crippen molar-refractivity contribution in [1.29, 1.82) is 0 Å². The number of benzene rings is 3. The summed E-state index contributed by atoms with van der Waals surface area (Å²) in [6.07, 6.45) is 5.73. The first kappa shape index (κ1) is 23.9. The van der Waals surface area contributed by atoms with Crippen molar-refractivity contribution in [3.63, 3.8) is 0 Å². The minimum Gasteiger partial charge on any atom is -0.449 e. The van der Waals surface area contributed by atoms with E-state index >= 15 is 0 Å². The molecule has 0 amide bonds. The average Bonchev–Trinajstić information content (AvgIpc) is 3.25. The van der Waals surface area contributed by atoms with E-state index in [1.165, 1.54) is 36.0 Å². The van der Waals surface area contributed by atoms with Crippen LogP contribution < -0.4 is 9.64 Å². The Morgan fingerprint density at radius 1 is 1.00 bits per heavy atom. The van der Waals surface area contributed by atoms with E-state index in [1.54, 1.807) is 12.1 Å². The van der Waals surface area contributed by atoms with Gasteiger partial charge in [0.1, 0.15) is 11.6 Å². The van der Waals surface area contributed by atoms with E-state index < -0.39 is 6.16 Å². The van der Waals surface area contributed by atoms with E-state index in [9.17, 15) is 4.79 Å². The Hall–Kier alpha value is -3.80. The molecule has 2 heterocycles. The summed E-state index contributed by atoms with van der Waals surface area (Å²) >= 11 is 0. The highest BCUT2D eigenvalue weighted by atomic mass is 16.7. The molecule has 0 unspecified atom stereocenters. The fourth-order valence-electron chi connectivity index (χ4n) is 5.07. The van der Waals surface area contributed by atoms with E-state index in [4.69, 9.17) is 14.8 Å². The van der Waals surface area contributed by atoms with Crippen LogP contribution in [-0.2, 0) is 13.0 Å². The van der Waals surface area contributed by atoms with E-state index in [1.807, 2.05) is 24.3 Å². The fraction of sp³-hybridized carbons (Fsp3) is 0.333. The summed E-state index contributed by atoms with van der Waals surface area (Å²) in [5, 5.41) is 9.07. The van der Waals surface area contributed by atoms with Gasteiger partial charge in [-0.15, -0.1) is 0 Å². The number of nitrogens with zero attached hydrogens (tertiary/aromatic N) is 3. The highest BCUT2D eigenvalue weighted by molar-refractivity contribution is 5.81. The van der Waals surface area contributed by atoms with Gasteiger partial charge in [0.25, 0.3) is 0 Å². The first-order valence-electron chi connectivity index (χ1n) is 13.0. The van der Waals surface area contributed by atoms with E-state index in [-0.39, 0.29) is 0 Å². The standard InChI is InChI=1S/C30H33N3O3/c1-2-3-11-29-31-26-17-16-24(32-18-7-4-8-19-32)20-27(26)33(29)21-22-12-14-23(15-13-22)25-9-5-6-10-28(25)36-30(34)35/h5-6,9-10,12-17,20H,2-4,7-8,11,18-19,21H2,1H3,(H,34,35). The lowest BCUT2D eigenvalue weighted by Crippen LogP contribution is -2.29. The third kappa shape index (κ3) is 5.23. The molecule has 5 rings (SSSR count). The van der Waals surface area contributed by atoms with Gasteiger partial charge in [-0.2, -0.15) is 0 Å². The van der Waals surface area contributed by atoms with Crippen molar-refractivity contribution < 1.29 is 14.6 Å². The summed E-state index contributed by atoms with van der Waals surface area (Å²) in [5.41, 5.74) is 6.39. The molecule has 0 saturated carbocycles. The summed E-state index contributed by atoms with van der Waals surface area (Å²) in [4.78, 5) is 18.6. The Morgan fingerprint density at radius 3 is 2.53 bits per heavy atom. The molecule has 36 heavy (non-hydrogen) atoms. The predicted octanol–water partition coefficient (Wildman–Crippen LogP) is 7.14. The second kappa shape index (κ2) is 10.9. The van der Waals surface area contributed by atoms with Gasteiger partial charge in [-0.05, 0) is 61.1 Å². The van der Waals surface area contributed by atoms with Gasteiger partial charge in [0.2, 0.25) is 0 Å². The minimum absolute atomic E-state index is 0.338. The maximum atomic E-state index is 11.1. The van der Waals surface area contributed by atoms with E-state index in [2.05, 4.69) is 46.7 Å². The van der Waals surface area contributed by atoms with Crippen LogP contribution in [0.5, 0.6) is 5.75 Å². The van der Waals surface area contributed by atoms with Gasteiger partial charge in [-0.1, -0.05) is 55.8 Å². The Bertz CT molecular complexity index is 1340. The lowest BCUT2D eigenvalue weighted by atomic mass is 10.0. The number of carboxylic acid groups (broad SMARTS) is 1. The topological polar surface area (TPSA) is 67.6 Å². The number of rotatable bonds is 8. The molecular formula is C30H33N3O3. The van der Waals surface area contributed by atoms with E-state index in [0.717, 1.165) is 61.4 Å². The number of ether oxygens (including phenoxy) is 1. The number of hydrogen-bond donors (Lipinski definition) is 1. The normalized spacial score (nSPS) is 13.8. The van der Waals surface area contributed by atoms with Crippen LogP contribution in [0.15, 0.2) is 66.7 Å². The average molecular weight is 484 g/mol. The number of carbonyl (C=O) groups is 1. The van der Waals surface area contributed by atoms with Crippen molar-refractivity contribution in [3.05, 3.63) is 78.1 Å². The van der Waals surface area contributed by atoms with Crippen molar-refractivity contribution in [3.8, 4) is 16.9 Å². The number of piperidine rings is 1. The highest BCUT2D eigenvalue weighted by Crippen LogP contribution is 2.31. The number of unbranched alkanes of at least 4 members (excludes halogenated alkanes) is 1. The molecule has 1 aromatic heterocycles. The first-order valence-corrected chi connectivity index (χ1v) is 13.0. The van der Waals surface area contributed by atoms with Crippen LogP contribution in [-0.4, -0.2) is 33.9 Å². The number of aryl methyl sites for hydroxylation is 1. The lowest BCUT2D eigenvalue weighted by Gasteiger charge is -2.28. The van der Waals surface area contributed by atoms with Gasteiger partial charge in [0.15, 0.2) is 0 Å². The number of fused-ring (bicyclic) bond motifs is 1. The molecule has 1 aliphatic heterocycles. The Balaban J connectivity index is 1.46. The van der Waals surface area contributed by atoms with Crippen molar-refractivity contribution in [2.75, 3.05) is 18.0 Å². The summed E-state index contributed by atoms with van der Waals surface area (Å²) in [6.45, 7) is 5.20. The van der Waals surface area contributed by atoms with E-state index in [0.29, 0.717) is 5.75 Å². The summed E-state index contributed by atoms with van der Waals surface area (Å²) in [7, 11) is 0. The van der Waals surface area contributed by atoms with Crippen LogP contribution in [0.2, 0.25) is 0 Å². The number of para-hydroxylation sites is 1. The molecular weight excluding hydrogens is 450 g/mol. The smallest absolute Gasteiger partial charge is 0.449 e. The lowest BCUT2D eigenvalue weighted by molar-refractivity contribution is 0.144. The molecule has 186 valence electrons. The molecule has 1 N–H and O–H groups in total. The third-order valence-electron chi connectivity index (χ3n) is 6.98. The molecule has 0 atom stereocenters. The molecule has 4 aromatic rings. The van der Waals surface area contributed by atoms with Crippen LogP contribution in [0.1, 0.15) is 50.4 Å². The number of hydrogen-bond acceptors (Lipinski definition) is 4. The van der Waals surface area contributed by atoms with Crippen LogP contribution in [0.4, 0.5) is 10.5 Å². The summed E-state index contributed by atoms with van der Waals surface area (Å²) in [6, 6.07) is 22.2. The Morgan fingerprint density at radius 2 is 1.78 bits per heavy atom. The van der Waals surface area contributed by atoms with Crippen molar-refractivity contribution >= 4 is 22.9 Å². The largest absolute Gasteiger partial charge is 0.511 e. The maximum absolute atomic E-state index is 11.1. The van der Waals surface area contributed by atoms with Crippen molar-refractivity contribution in [2.24, 2.45) is 0 Å². The quantitative estimate of drug-likeness (QED) is 0.213. The zero-order chi connectivity index (χ0) is 24.9. The van der Waals surface area contributed by atoms with Crippen molar-refractivity contribution in [2.45, 2.75) is 52.0 Å². The zero-order valence-electron chi connectivity index (χ0n) is 20.8. The Kier molecular flexibility index (Phi) is 7.21. The summed E-state index contributed by atoms with van der Waals surface area (Å²) < 4.78 is 7.35. The van der Waals surface area contributed by atoms with Gasteiger partial charge < -0.3 is 19.3 Å². The van der Waals surface area contributed by atoms with Gasteiger partial charge in [-0.25, -0.2) is 9.78 Å². The first-order chi connectivity index (χ1) is 17.6. The number of anilines is 1. The molecule has 0 spiro atoms. The van der Waals surface area contributed by atoms with Crippen molar-refractivity contribution in [1.82, 2.24) is 9.55 Å². The zero-order valence-corrected chi connectivity index (χ0v) is 20.8. The molecule has 0 aliphatic carbocycles. The Labute approximate surface area is 212 Å². The number of imidazole rings is 1. The van der Waals surface area contributed by atoms with Gasteiger partial charge in [0, 0.05) is 37.3 Å². The highest BCUT2D eigenvalue weighted by Gasteiger charge is 2.16. The minimum atomic E-state index is -1.31. The van der Waals surface area contributed by atoms with Crippen LogP contribution in [0, 0.1) is 0 Å². The molecule has 6 nitrogen and oxygen atoms in total. The molecule has 3 aromatic carbocycles. The maximum Gasteiger partial charge on any atom is 0.511 e.